The zero-order valence-corrected chi connectivity index (χ0v) is 25.6. The van der Waals surface area contributed by atoms with E-state index in [0.29, 0.717) is 6.54 Å². The summed E-state index contributed by atoms with van der Waals surface area (Å²) in [6.45, 7) is 6.55. The monoisotopic (exact) mass is 598 g/mol. The van der Waals surface area contributed by atoms with Crippen molar-refractivity contribution in [3.05, 3.63) is 179 Å². The number of aliphatic imine (C=N–C) groups is 2. The van der Waals surface area contributed by atoms with Gasteiger partial charge in [-0.05, 0) is 58.2 Å². The van der Waals surface area contributed by atoms with Gasteiger partial charge in [-0.3, -0.25) is 9.89 Å². The summed E-state index contributed by atoms with van der Waals surface area (Å²) in [5.41, 5.74) is 9.97. The molecule has 0 amide bonds. The molecule has 3 N–H and O–H groups in total. The van der Waals surface area contributed by atoms with E-state index in [2.05, 4.69) is 150 Å². The lowest BCUT2D eigenvalue weighted by molar-refractivity contribution is 0.396. The molecule has 4 aliphatic rings. The van der Waals surface area contributed by atoms with Gasteiger partial charge in [0.1, 0.15) is 6.17 Å². The van der Waals surface area contributed by atoms with Crippen LogP contribution in [0.5, 0.6) is 0 Å². The van der Waals surface area contributed by atoms with Gasteiger partial charge in [0.25, 0.3) is 0 Å². The quantitative estimate of drug-likeness (QED) is 0.197. The van der Waals surface area contributed by atoms with Crippen LogP contribution < -0.4 is 16.0 Å². The van der Waals surface area contributed by atoms with E-state index in [1.807, 2.05) is 12.1 Å². The van der Waals surface area contributed by atoms with Crippen LogP contribution in [-0.4, -0.2) is 23.1 Å². The summed E-state index contributed by atoms with van der Waals surface area (Å²) in [6, 6.07) is 33.9. The van der Waals surface area contributed by atoms with Crippen molar-refractivity contribution in [2.24, 2.45) is 9.98 Å². The predicted octanol–water partition coefficient (Wildman–Crippen LogP) is 7.96. The van der Waals surface area contributed by atoms with E-state index < -0.39 is 0 Å². The molecule has 4 aromatic rings. The number of amidine groups is 2. The molecule has 0 fully saturated rings. The Hall–Kier alpha value is -5.88. The van der Waals surface area contributed by atoms with Crippen LogP contribution in [-0.2, 0) is 0 Å². The summed E-state index contributed by atoms with van der Waals surface area (Å²) >= 11 is 0. The van der Waals surface area contributed by atoms with Gasteiger partial charge in [-0.25, -0.2) is 4.99 Å². The number of dihydropyridines is 1. The number of fused-ring (bicyclic) bond motifs is 5. The predicted molar refractivity (Wildman–Crippen MR) is 189 cm³/mol. The minimum atomic E-state index is -0.108. The van der Waals surface area contributed by atoms with Crippen molar-refractivity contribution in [1.29, 1.82) is 0 Å². The minimum Gasteiger partial charge on any atom is -0.374 e. The molecule has 6 nitrogen and oxygen atoms in total. The minimum absolute atomic E-state index is 0.0421. The van der Waals surface area contributed by atoms with E-state index in [4.69, 9.17) is 9.98 Å². The lowest BCUT2D eigenvalue weighted by Gasteiger charge is -2.35. The number of rotatable bonds is 6. The molecule has 4 aromatic carbocycles. The van der Waals surface area contributed by atoms with Crippen molar-refractivity contribution in [3.8, 4) is 0 Å². The highest BCUT2D eigenvalue weighted by molar-refractivity contribution is 6.42. The van der Waals surface area contributed by atoms with E-state index >= 15 is 0 Å². The highest BCUT2D eigenvalue weighted by atomic mass is 15.4. The fourth-order valence-electron chi connectivity index (χ4n) is 6.65. The SMILES string of the molecule is C=C/C=C\C1=C(C)NC2c3c(ccc4ccccc34)N=C(C3=NCC(C4=CC(c5ccccc5)NC(c5ccccc5)=C4)=CN3)N12. The molecule has 4 heterocycles. The number of nitrogens with zero attached hydrogens (tertiary/aromatic N) is 3. The molecular weight excluding hydrogens is 564 g/mol. The maximum Gasteiger partial charge on any atom is 0.178 e. The van der Waals surface area contributed by atoms with E-state index in [1.54, 1.807) is 6.08 Å². The van der Waals surface area contributed by atoms with Crippen LogP contribution in [0.1, 0.15) is 35.8 Å². The van der Waals surface area contributed by atoms with Gasteiger partial charge in [0.05, 0.1) is 24.0 Å². The first-order valence-electron chi connectivity index (χ1n) is 15.7. The summed E-state index contributed by atoms with van der Waals surface area (Å²) in [5.74, 6) is 1.54. The third-order valence-corrected chi connectivity index (χ3v) is 8.89. The molecule has 4 aliphatic heterocycles. The molecule has 0 radical (unpaired) electrons. The normalized spacial score (nSPS) is 20.4. The summed E-state index contributed by atoms with van der Waals surface area (Å²) in [4.78, 5) is 12.6. The molecule has 46 heavy (non-hydrogen) atoms. The molecule has 6 heteroatoms. The number of nitrogens with one attached hydrogen (secondary N) is 3. The van der Waals surface area contributed by atoms with E-state index in [9.17, 15) is 0 Å². The Kier molecular flexibility index (Phi) is 6.95. The Morgan fingerprint density at radius 3 is 2.46 bits per heavy atom. The van der Waals surface area contributed by atoms with Crippen LogP contribution in [0.2, 0.25) is 0 Å². The second-order valence-electron chi connectivity index (χ2n) is 11.7. The van der Waals surface area contributed by atoms with Gasteiger partial charge in [-0.15, -0.1) is 0 Å². The smallest absolute Gasteiger partial charge is 0.178 e. The molecule has 0 aliphatic carbocycles. The summed E-state index contributed by atoms with van der Waals surface area (Å²) in [7, 11) is 0. The Bertz CT molecular complexity index is 2080. The molecule has 0 aromatic heterocycles. The molecule has 8 rings (SSSR count). The number of benzene rings is 4. The van der Waals surface area contributed by atoms with Gasteiger partial charge in [-0.2, -0.15) is 0 Å². The maximum absolute atomic E-state index is 5.25. The van der Waals surface area contributed by atoms with Gasteiger partial charge < -0.3 is 16.0 Å². The van der Waals surface area contributed by atoms with Crippen molar-refractivity contribution in [3.63, 3.8) is 0 Å². The molecule has 0 saturated heterocycles. The van der Waals surface area contributed by atoms with Crippen molar-refractivity contribution in [1.82, 2.24) is 20.9 Å². The fourth-order valence-corrected chi connectivity index (χ4v) is 6.65. The number of allylic oxidation sites excluding steroid dienone is 5. The van der Waals surface area contributed by atoms with Gasteiger partial charge in [0.15, 0.2) is 11.7 Å². The van der Waals surface area contributed by atoms with Gasteiger partial charge in [0, 0.05) is 23.2 Å². The van der Waals surface area contributed by atoms with Gasteiger partial charge in [-0.1, -0.05) is 116 Å². The van der Waals surface area contributed by atoms with Crippen LogP contribution >= 0.6 is 0 Å². The first-order chi connectivity index (χ1) is 22.7. The zero-order chi connectivity index (χ0) is 31.0. The first-order valence-corrected chi connectivity index (χ1v) is 15.7. The Morgan fingerprint density at radius 2 is 1.67 bits per heavy atom. The standard InChI is InChI=1S/C40H34N6/c1-3-4-19-36-26(2)43-39-37-32-18-12-11-13-27(32)20-21-33(37)45-40(46(36)39)38-41-24-31(25-42-38)30-22-34(28-14-7-5-8-15-28)44-35(23-30)29-16-9-6-10-17-29/h3-24,34,39,43-44H,1,25H2,2H3,(H,41,42)/b19-4-. The van der Waals surface area contributed by atoms with Crippen LogP contribution in [0.15, 0.2) is 173 Å². The topological polar surface area (TPSA) is 64.0 Å². The maximum atomic E-state index is 5.25. The number of hydrogen-bond donors (Lipinski definition) is 3. The largest absolute Gasteiger partial charge is 0.374 e. The molecule has 0 spiro atoms. The summed E-state index contributed by atoms with van der Waals surface area (Å²) < 4.78 is 0. The van der Waals surface area contributed by atoms with Crippen LogP contribution in [0.4, 0.5) is 5.69 Å². The van der Waals surface area contributed by atoms with Crippen molar-refractivity contribution >= 4 is 33.8 Å². The molecular formula is C40H34N6. The number of hydrogen-bond acceptors (Lipinski definition) is 6. The summed E-state index contributed by atoms with van der Waals surface area (Å²) in [5, 5.41) is 13.4. The molecule has 0 saturated carbocycles. The van der Waals surface area contributed by atoms with Crippen molar-refractivity contribution in [2.45, 2.75) is 19.1 Å². The van der Waals surface area contributed by atoms with Crippen molar-refractivity contribution < 1.29 is 0 Å². The van der Waals surface area contributed by atoms with E-state index in [1.165, 1.54) is 21.9 Å². The van der Waals surface area contributed by atoms with Gasteiger partial charge in [0.2, 0.25) is 0 Å². The first kappa shape index (κ1) is 27.7. The molecule has 0 bridgehead atoms. The highest BCUT2D eigenvalue weighted by Crippen LogP contribution is 2.44. The van der Waals surface area contributed by atoms with Crippen LogP contribution in [0.3, 0.4) is 0 Å². The fraction of sp³-hybridized carbons (Fsp3) is 0.100. The Morgan fingerprint density at radius 1 is 0.891 bits per heavy atom. The molecule has 224 valence electrons. The van der Waals surface area contributed by atoms with E-state index in [0.717, 1.165) is 51.2 Å². The summed E-state index contributed by atoms with van der Waals surface area (Å²) in [6.07, 6.45) is 12.4. The Balaban J connectivity index is 1.16. The van der Waals surface area contributed by atoms with Crippen molar-refractivity contribution in [2.75, 3.05) is 6.54 Å². The zero-order valence-electron chi connectivity index (χ0n) is 25.6. The second-order valence-corrected chi connectivity index (χ2v) is 11.7. The Labute approximate surface area is 269 Å². The molecule has 2 atom stereocenters. The lowest BCUT2D eigenvalue weighted by Crippen LogP contribution is -2.45. The third kappa shape index (κ3) is 4.85. The average molecular weight is 599 g/mol. The highest BCUT2D eigenvalue weighted by Gasteiger charge is 2.40. The third-order valence-electron chi connectivity index (χ3n) is 8.89. The van der Waals surface area contributed by atoms with Crippen LogP contribution in [0, 0.1) is 0 Å². The van der Waals surface area contributed by atoms with Crippen LogP contribution in [0.25, 0.3) is 16.5 Å². The lowest BCUT2D eigenvalue weighted by atomic mass is 9.93. The molecule has 2 unspecified atom stereocenters. The average Bonchev–Trinajstić information content (AvgIpc) is 3.46. The van der Waals surface area contributed by atoms with E-state index in [-0.39, 0.29) is 12.2 Å². The second kappa shape index (κ2) is 11.6. The van der Waals surface area contributed by atoms with Gasteiger partial charge >= 0.3 is 0 Å².